The van der Waals surface area contributed by atoms with Gasteiger partial charge in [0.1, 0.15) is 0 Å². The van der Waals surface area contributed by atoms with E-state index in [-0.39, 0.29) is 33.3 Å². The van der Waals surface area contributed by atoms with Crippen molar-refractivity contribution >= 4 is 38.9 Å². The smallest absolute Gasteiger partial charge is 0.337 e. The number of carboxylic acid groups (broad SMARTS) is 1. The fourth-order valence-corrected chi connectivity index (χ4v) is 3.92. The third-order valence-electron chi connectivity index (χ3n) is 4.40. The molecule has 168 valence electrons. The number of aromatic carboxylic acids is 1. The van der Waals surface area contributed by atoms with Gasteiger partial charge >= 0.3 is 5.97 Å². The number of anilines is 1. The summed E-state index contributed by atoms with van der Waals surface area (Å²) in [6.45, 7) is 1.22. The average molecular weight is 465 g/mol. The number of aliphatic hydroxyl groups excluding tert-OH is 1. The van der Waals surface area contributed by atoms with E-state index in [2.05, 4.69) is 15.0 Å². The number of nitrogens with one attached hydrogen (secondary N) is 1. The highest BCUT2D eigenvalue weighted by Crippen LogP contribution is 2.25. The first-order chi connectivity index (χ1) is 15.7. The Morgan fingerprint density at radius 1 is 0.879 bits per heavy atom. The lowest BCUT2D eigenvalue weighted by molar-refractivity contribution is -0.113. The molecule has 0 spiro atoms. The minimum Gasteiger partial charge on any atom is -0.505 e. The van der Waals surface area contributed by atoms with Crippen LogP contribution in [0.5, 0.6) is 0 Å². The van der Waals surface area contributed by atoms with E-state index < -0.39 is 21.8 Å². The van der Waals surface area contributed by atoms with Gasteiger partial charge in [0.2, 0.25) is 0 Å². The number of para-hydroxylation sites is 1. The molecule has 9 nitrogen and oxygen atoms in total. The van der Waals surface area contributed by atoms with E-state index in [0.29, 0.717) is 5.56 Å². The normalized spacial score (nSPS) is 12.3. The van der Waals surface area contributed by atoms with Crippen LogP contribution < -0.4 is 4.72 Å². The van der Waals surface area contributed by atoms with Crippen LogP contribution in [0.1, 0.15) is 22.8 Å². The summed E-state index contributed by atoms with van der Waals surface area (Å²) in [5, 5.41) is 27.4. The minimum absolute atomic E-state index is 0.0911. The highest BCUT2D eigenvalue weighted by Gasteiger charge is 2.19. The molecule has 3 rings (SSSR count). The molecule has 3 aromatic rings. The summed E-state index contributed by atoms with van der Waals surface area (Å²) in [5.74, 6) is -2.17. The van der Waals surface area contributed by atoms with Crippen molar-refractivity contribution < 1.29 is 28.2 Å². The zero-order valence-corrected chi connectivity index (χ0v) is 18.2. The molecule has 0 saturated heterocycles. The van der Waals surface area contributed by atoms with Gasteiger partial charge in [-0.1, -0.05) is 48.5 Å². The van der Waals surface area contributed by atoms with Crippen LogP contribution in [0.25, 0.3) is 5.76 Å². The van der Waals surface area contributed by atoms with E-state index in [9.17, 15) is 28.2 Å². The maximum absolute atomic E-state index is 12.8. The maximum atomic E-state index is 12.8. The molecule has 0 saturated carbocycles. The van der Waals surface area contributed by atoms with E-state index in [0.717, 1.165) is 0 Å². The number of carbonyl (C=O) groups excluding carboxylic acids is 1. The maximum Gasteiger partial charge on any atom is 0.337 e. The van der Waals surface area contributed by atoms with Gasteiger partial charge in [0, 0.05) is 12.5 Å². The van der Waals surface area contributed by atoms with Crippen molar-refractivity contribution in [1.82, 2.24) is 0 Å². The van der Waals surface area contributed by atoms with Gasteiger partial charge in [0.05, 0.1) is 21.8 Å². The van der Waals surface area contributed by atoms with E-state index in [4.69, 9.17) is 0 Å². The van der Waals surface area contributed by atoms with E-state index in [1.54, 1.807) is 30.3 Å². The largest absolute Gasteiger partial charge is 0.505 e. The fraction of sp³-hybridized carbons (Fsp3) is 0.0435. The number of sulfonamides is 1. The minimum atomic E-state index is -4.15. The van der Waals surface area contributed by atoms with Crippen LogP contribution in [0.3, 0.4) is 0 Å². The second kappa shape index (κ2) is 9.88. The van der Waals surface area contributed by atoms with Crippen molar-refractivity contribution in [2.75, 3.05) is 4.72 Å². The number of aliphatic hydroxyl groups is 1. The number of carboxylic acids is 1. The van der Waals surface area contributed by atoms with Crippen LogP contribution in [-0.4, -0.2) is 30.4 Å². The molecular formula is C23H19N3O6S. The van der Waals surface area contributed by atoms with Crippen molar-refractivity contribution in [3.63, 3.8) is 0 Å². The molecule has 0 heterocycles. The average Bonchev–Trinajstić information content (AvgIpc) is 2.79. The molecule has 0 unspecified atom stereocenters. The van der Waals surface area contributed by atoms with Gasteiger partial charge in [-0.25, -0.2) is 13.2 Å². The lowest BCUT2D eigenvalue weighted by Crippen LogP contribution is -2.15. The summed E-state index contributed by atoms with van der Waals surface area (Å²) in [6.07, 6.45) is 0. The van der Waals surface area contributed by atoms with Crippen molar-refractivity contribution in [3.05, 3.63) is 95.7 Å². The molecule has 0 atom stereocenters. The van der Waals surface area contributed by atoms with E-state index in [1.807, 2.05) is 0 Å². The van der Waals surface area contributed by atoms with Crippen LogP contribution >= 0.6 is 0 Å². The summed E-state index contributed by atoms with van der Waals surface area (Å²) in [6, 6.07) is 19.3. The first-order valence-electron chi connectivity index (χ1n) is 9.55. The van der Waals surface area contributed by atoms with Crippen molar-refractivity contribution in [3.8, 4) is 0 Å². The monoisotopic (exact) mass is 465 g/mol. The molecule has 0 aliphatic carbocycles. The Hall–Kier alpha value is -4.31. The summed E-state index contributed by atoms with van der Waals surface area (Å²) in [5.41, 5.74) is -0.109. The quantitative estimate of drug-likeness (QED) is 0.248. The molecule has 33 heavy (non-hydrogen) atoms. The molecule has 0 bridgehead atoms. The second-order valence-corrected chi connectivity index (χ2v) is 8.46. The van der Waals surface area contributed by atoms with Gasteiger partial charge in [-0.3, -0.25) is 9.52 Å². The molecule has 0 aromatic heterocycles. The van der Waals surface area contributed by atoms with Crippen molar-refractivity contribution in [1.29, 1.82) is 0 Å². The van der Waals surface area contributed by atoms with Crippen molar-refractivity contribution in [2.45, 2.75) is 11.8 Å². The number of allylic oxidation sites excluding steroid dienone is 1. The summed E-state index contributed by atoms with van der Waals surface area (Å²) in [4.78, 5) is 23.1. The molecule has 0 radical (unpaired) electrons. The molecule has 0 aliphatic rings. The number of ketones is 1. The van der Waals surface area contributed by atoms with E-state index >= 15 is 0 Å². The highest BCUT2D eigenvalue weighted by molar-refractivity contribution is 7.92. The fourth-order valence-electron chi connectivity index (χ4n) is 2.80. The number of hydrogen-bond donors (Lipinski definition) is 3. The van der Waals surface area contributed by atoms with Crippen LogP contribution in [0, 0.1) is 0 Å². The number of nitrogens with zero attached hydrogens (tertiary/aromatic N) is 2. The molecule has 0 amide bonds. The van der Waals surface area contributed by atoms with Gasteiger partial charge in [-0.15, -0.1) is 5.11 Å². The third kappa shape index (κ3) is 5.69. The Balaban J connectivity index is 1.93. The number of azo groups is 1. The standard InChI is InChI=1S/C23H19N3O6S/c1-15(27)21(22(28)16-8-3-2-4-9-16)25-24-17-10-7-11-18(14-17)33(31,32)26-20-13-6-5-12-19(20)23(29)30/h2-14,26,28H,1H3,(H,29,30)/b22-21-,25-24?. The third-order valence-corrected chi connectivity index (χ3v) is 5.76. The number of carbonyl (C=O) groups is 2. The lowest BCUT2D eigenvalue weighted by atomic mass is 10.1. The Morgan fingerprint density at radius 2 is 1.55 bits per heavy atom. The summed E-state index contributed by atoms with van der Waals surface area (Å²) >= 11 is 0. The second-order valence-electron chi connectivity index (χ2n) is 6.77. The van der Waals surface area contributed by atoms with Gasteiger partial charge in [0.15, 0.2) is 17.2 Å². The van der Waals surface area contributed by atoms with Crippen LogP contribution in [-0.2, 0) is 14.8 Å². The van der Waals surface area contributed by atoms with E-state index in [1.165, 1.54) is 55.5 Å². The van der Waals surface area contributed by atoms with Crippen LogP contribution in [0.4, 0.5) is 11.4 Å². The topological polar surface area (TPSA) is 145 Å². The Labute approximate surface area is 189 Å². The summed E-state index contributed by atoms with van der Waals surface area (Å²) in [7, 11) is -4.15. The van der Waals surface area contributed by atoms with Gasteiger partial charge in [0.25, 0.3) is 10.0 Å². The summed E-state index contributed by atoms with van der Waals surface area (Å²) < 4.78 is 27.8. The first kappa shape index (κ1) is 23.4. The van der Waals surface area contributed by atoms with Crippen LogP contribution in [0.15, 0.2) is 99.7 Å². The zero-order chi connectivity index (χ0) is 24.0. The number of rotatable bonds is 8. The number of benzene rings is 3. The molecule has 3 N–H and O–H groups in total. The Bertz CT molecular complexity index is 1370. The predicted octanol–water partition coefficient (Wildman–Crippen LogP) is 4.79. The molecule has 3 aromatic carbocycles. The van der Waals surface area contributed by atoms with Crippen molar-refractivity contribution in [2.24, 2.45) is 10.2 Å². The lowest BCUT2D eigenvalue weighted by Gasteiger charge is -2.10. The van der Waals surface area contributed by atoms with Gasteiger partial charge in [-0.05, 0) is 30.3 Å². The Morgan fingerprint density at radius 3 is 2.21 bits per heavy atom. The number of Topliss-reactive ketones (excluding diaryl/α,β-unsaturated/α-hetero) is 1. The molecule has 0 fully saturated rings. The molecule has 0 aliphatic heterocycles. The van der Waals surface area contributed by atoms with Gasteiger partial charge < -0.3 is 10.2 Å². The molecular weight excluding hydrogens is 446 g/mol. The predicted molar refractivity (Wildman–Crippen MR) is 122 cm³/mol. The molecule has 10 heteroatoms. The van der Waals surface area contributed by atoms with Gasteiger partial charge in [-0.2, -0.15) is 5.11 Å². The highest BCUT2D eigenvalue weighted by atomic mass is 32.2. The number of hydrogen-bond acceptors (Lipinski definition) is 7. The Kier molecular flexibility index (Phi) is 6.99. The zero-order valence-electron chi connectivity index (χ0n) is 17.3. The van der Waals surface area contributed by atoms with Crippen LogP contribution in [0.2, 0.25) is 0 Å². The SMILES string of the molecule is CC(=O)/C(N=Nc1cccc(S(=O)(=O)Nc2ccccc2C(=O)O)c1)=C(/O)c1ccccc1. The first-order valence-corrected chi connectivity index (χ1v) is 11.0.